The van der Waals surface area contributed by atoms with E-state index in [1.165, 1.54) is 0 Å². The summed E-state index contributed by atoms with van der Waals surface area (Å²) >= 11 is 0. The van der Waals surface area contributed by atoms with Gasteiger partial charge in [0.05, 0.1) is 17.8 Å². The summed E-state index contributed by atoms with van der Waals surface area (Å²) < 4.78 is 6.16. The number of benzene rings is 1. The molecule has 8 nitrogen and oxygen atoms in total. The first kappa shape index (κ1) is 16.6. The van der Waals surface area contributed by atoms with Crippen molar-refractivity contribution in [3.8, 4) is 5.75 Å². The Morgan fingerprint density at radius 3 is 2.74 bits per heavy atom. The molecule has 0 saturated carbocycles. The fraction of sp³-hybridized carbons (Fsp3) is 0.526. The quantitative estimate of drug-likeness (QED) is 0.618. The van der Waals surface area contributed by atoms with Crippen molar-refractivity contribution in [1.29, 1.82) is 0 Å². The number of nitrogens with one attached hydrogen (secondary N) is 3. The summed E-state index contributed by atoms with van der Waals surface area (Å²) in [5.74, 6) is -0.126. The summed E-state index contributed by atoms with van der Waals surface area (Å²) in [6.45, 7) is 2.82. The third-order valence-corrected chi connectivity index (χ3v) is 6.12. The van der Waals surface area contributed by atoms with Crippen LogP contribution in [-0.4, -0.2) is 53.9 Å². The summed E-state index contributed by atoms with van der Waals surface area (Å²) in [6.07, 6.45) is 2.60. The van der Waals surface area contributed by atoms with Crippen LogP contribution in [0.5, 0.6) is 5.75 Å². The van der Waals surface area contributed by atoms with E-state index in [0.717, 1.165) is 42.9 Å². The smallest absolute Gasteiger partial charge is 0.255 e. The summed E-state index contributed by atoms with van der Waals surface area (Å²) in [4.78, 5) is 38.0. The van der Waals surface area contributed by atoms with Gasteiger partial charge in [-0.15, -0.1) is 0 Å². The van der Waals surface area contributed by atoms with Crippen molar-refractivity contribution in [2.45, 2.75) is 43.8 Å². The highest BCUT2D eigenvalue weighted by molar-refractivity contribution is 6.06. The average molecular weight is 370 g/mol. The Kier molecular flexibility index (Phi) is 3.65. The number of nitrogens with zero attached hydrogens (tertiary/aromatic N) is 1. The first-order valence-corrected chi connectivity index (χ1v) is 9.49. The van der Waals surface area contributed by atoms with Crippen LogP contribution in [-0.2, 0) is 16.1 Å². The molecular weight excluding hydrogens is 348 g/mol. The molecule has 0 unspecified atom stereocenters. The molecule has 4 aliphatic heterocycles. The van der Waals surface area contributed by atoms with E-state index < -0.39 is 11.9 Å². The minimum atomic E-state index is -0.606. The lowest BCUT2D eigenvalue weighted by atomic mass is 9.87. The van der Waals surface area contributed by atoms with E-state index in [1.54, 1.807) is 4.90 Å². The highest BCUT2D eigenvalue weighted by Crippen LogP contribution is 2.43. The molecule has 4 heterocycles. The molecule has 2 fully saturated rings. The number of hydrogen-bond acceptors (Lipinski definition) is 6. The Morgan fingerprint density at radius 2 is 1.96 bits per heavy atom. The molecule has 27 heavy (non-hydrogen) atoms. The Bertz CT molecular complexity index is 846. The first-order chi connectivity index (χ1) is 13.1. The van der Waals surface area contributed by atoms with Gasteiger partial charge in [-0.2, -0.15) is 0 Å². The van der Waals surface area contributed by atoms with Gasteiger partial charge in [0, 0.05) is 17.5 Å². The maximum atomic E-state index is 12.9. The lowest BCUT2D eigenvalue weighted by molar-refractivity contribution is -0.136. The van der Waals surface area contributed by atoms with E-state index in [9.17, 15) is 14.4 Å². The summed E-state index contributed by atoms with van der Waals surface area (Å²) in [5, 5.41) is 9.35. The van der Waals surface area contributed by atoms with Gasteiger partial charge in [0.15, 0.2) is 0 Å². The van der Waals surface area contributed by atoms with Crippen LogP contribution in [0.4, 0.5) is 5.69 Å². The summed E-state index contributed by atoms with van der Waals surface area (Å²) in [5.41, 5.74) is 2.28. The SMILES string of the molecule is O=C1CC[C@H](N2Cc3c(ccc4c3OCC3(CCNCC3)N4)C2=O)C(=O)N1. The minimum absolute atomic E-state index is 0.0571. The van der Waals surface area contributed by atoms with E-state index in [-0.39, 0.29) is 23.8 Å². The van der Waals surface area contributed by atoms with E-state index in [2.05, 4.69) is 16.0 Å². The van der Waals surface area contributed by atoms with E-state index >= 15 is 0 Å². The molecule has 1 aromatic rings. The second-order valence-corrected chi connectivity index (χ2v) is 7.81. The lowest BCUT2D eigenvalue weighted by Crippen LogP contribution is -2.53. The number of carbonyl (C=O) groups is 3. The van der Waals surface area contributed by atoms with E-state index in [4.69, 9.17) is 4.74 Å². The molecule has 1 spiro atoms. The van der Waals surface area contributed by atoms with Crippen molar-refractivity contribution in [3.05, 3.63) is 23.3 Å². The topological polar surface area (TPSA) is 99.8 Å². The van der Waals surface area contributed by atoms with Gasteiger partial charge >= 0.3 is 0 Å². The fourth-order valence-electron chi connectivity index (χ4n) is 4.58. The van der Waals surface area contributed by atoms with Crippen LogP contribution in [0.2, 0.25) is 0 Å². The van der Waals surface area contributed by atoms with Crippen molar-refractivity contribution in [3.63, 3.8) is 0 Å². The van der Waals surface area contributed by atoms with Gasteiger partial charge in [-0.3, -0.25) is 19.7 Å². The monoisotopic (exact) mass is 370 g/mol. The van der Waals surface area contributed by atoms with Crippen molar-refractivity contribution in [1.82, 2.24) is 15.5 Å². The maximum absolute atomic E-state index is 12.9. The number of ether oxygens (including phenoxy) is 1. The van der Waals surface area contributed by atoms with Crippen LogP contribution in [0, 0.1) is 0 Å². The standard InChI is InChI=1S/C19H22N4O4/c24-15-4-3-14(17(25)21-15)23-9-12-11(18(23)26)1-2-13-16(12)27-10-19(22-13)5-7-20-8-6-19/h1-2,14,20,22H,3-10H2,(H,21,24,25)/t14-/m0/s1. The van der Waals surface area contributed by atoms with Gasteiger partial charge < -0.3 is 20.3 Å². The zero-order valence-electron chi connectivity index (χ0n) is 15.0. The molecule has 0 bridgehead atoms. The normalized spacial score (nSPS) is 26.1. The number of carbonyl (C=O) groups excluding carboxylic acids is 3. The number of imide groups is 1. The number of fused-ring (bicyclic) bond motifs is 3. The molecule has 2 saturated heterocycles. The van der Waals surface area contributed by atoms with Gasteiger partial charge in [-0.1, -0.05) is 0 Å². The van der Waals surface area contributed by atoms with Crippen molar-refractivity contribution >= 4 is 23.4 Å². The Labute approximate surface area is 156 Å². The van der Waals surface area contributed by atoms with E-state index in [1.807, 2.05) is 12.1 Å². The molecule has 8 heteroatoms. The van der Waals surface area contributed by atoms with Crippen molar-refractivity contribution in [2.24, 2.45) is 0 Å². The minimum Gasteiger partial charge on any atom is -0.489 e. The van der Waals surface area contributed by atoms with Gasteiger partial charge in [0.2, 0.25) is 11.8 Å². The zero-order chi connectivity index (χ0) is 18.6. The molecule has 4 aliphatic rings. The van der Waals surface area contributed by atoms with Gasteiger partial charge in [-0.05, 0) is 44.5 Å². The number of amides is 3. The maximum Gasteiger partial charge on any atom is 0.255 e. The predicted octanol–water partition coefficient (Wildman–Crippen LogP) is 0.374. The summed E-state index contributed by atoms with van der Waals surface area (Å²) in [6, 6.07) is 3.12. The fourth-order valence-corrected chi connectivity index (χ4v) is 4.58. The summed E-state index contributed by atoms with van der Waals surface area (Å²) in [7, 11) is 0. The number of hydrogen-bond donors (Lipinski definition) is 3. The molecule has 0 aromatic heterocycles. The van der Waals surface area contributed by atoms with Crippen LogP contribution < -0.4 is 20.7 Å². The Hall–Kier alpha value is -2.61. The number of anilines is 1. The molecule has 142 valence electrons. The number of piperidine rings is 2. The lowest BCUT2D eigenvalue weighted by Gasteiger charge is -2.42. The third kappa shape index (κ3) is 2.58. The Balaban J connectivity index is 1.43. The largest absolute Gasteiger partial charge is 0.489 e. The second kappa shape index (κ2) is 5.95. The van der Waals surface area contributed by atoms with Crippen LogP contribution in [0.15, 0.2) is 12.1 Å². The first-order valence-electron chi connectivity index (χ1n) is 9.49. The third-order valence-electron chi connectivity index (χ3n) is 6.12. The molecule has 0 aliphatic carbocycles. The highest BCUT2D eigenvalue weighted by Gasteiger charge is 2.43. The average Bonchev–Trinajstić information content (AvgIpc) is 2.99. The molecular formula is C19H22N4O4. The number of rotatable bonds is 1. The molecule has 3 N–H and O–H groups in total. The molecule has 0 radical (unpaired) electrons. The highest BCUT2D eigenvalue weighted by atomic mass is 16.5. The van der Waals surface area contributed by atoms with Gasteiger partial charge in [-0.25, -0.2) is 0 Å². The Morgan fingerprint density at radius 1 is 1.15 bits per heavy atom. The second-order valence-electron chi connectivity index (χ2n) is 7.81. The van der Waals surface area contributed by atoms with Crippen LogP contribution >= 0.6 is 0 Å². The van der Waals surface area contributed by atoms with Gasteiger partial charge in [0.25, 0.3) is 5.91 Å². The predicted molar refractivity (Wildman–Crippen MR) is 96.4 cm³/mol. The van der Waals surface area contributed by atoms with Crippen LogP contribution in [0.25, 0.3) is 0 Å². The van der Waals surface area contributed by atoms with Gasteiger partial charge in [0.1, 0.15) is 18.4 Å². The van der Waals surface area contributed by atoms with E-state index in [0.29, 0.717) is 25.1 Å². The molecule has 5 rings (SSSR count). The molecule has 1 atom stereocenters. The van der Waals surface area contributed by atoms with Crippen LogP contribution in [0.1, 0.15) is 41.6 Å². The van der Waals surface area contributed by atoms with Crippen molar-refractivity contribution in [2.75, 3.05) is 25.0 Å². The van der Waals surface area contributed by atoms with Crippen LogP contribution in [0.3, 0.4) is 0 Å². The van der Waals surface area contributed by atoms with Crippen molar-refractivity contribution < 1.29 is 19.1 Å². The zero-order valence-corrected chi connectivity index (χ0v) is 15.0. The molecule has 1 aromatic carbocycles. The molecule has 3 amide bonds.